The van der Waals surface area contributed by atoms with Gasteiger partial charge in [-0.05, 0) is 24.3 Å². The van der Waals surface area contributed by atoms with E-state index in [-0.39, 0.29) is 16.5 Å². The molecule has 0 saturated heterocycles. The van der Waals surface area contributed by atoms with Crippen LogP contribution in [0.2, 0.25) is 0 Å². The molecule has 1 aromatic carbocycles. The van der Waals surface area contributed by atoms with Crippen LogP contribution in [0, 0.1) is 10.1 Å². The first-order valence-corrected chi connectivity index (χ1v) is 9.32. The van der Waals surface area contributed by atoms with Crippen molar-refractivity contribution in [3.8, 4) is 11.3 Å². The van der Waals surface area contributed by atoms with E-state index < -0.39 is 14.8 Å². The predicted octanol–water partition coefficient (Wildman–Crippen LogP) is 3.09. The fourth-order valence-corrected chi connectivity index (χ4v) is 4.40. The Balaban J connectivity index is 1.82. The van der Waals surface area contributed by atoms with E-state index in [1.54, 1.807) is 29.6 Å². The number of hydrogen-bond donors (Lipinski definition) is 0. The Labute approximate surface area is 141 Å². The van der Waals surface area contributed by atoms with Crippen LogP contribution in [-0.4, -0.2) is 23.3 Å². The maximum atomic E-state index is 12.3. The van der Waals surface area contributed by atoms with E-state index in [4.69, 9.17) is 0 Å². The average molecular weight is 361 g/mol. The van der Waals surface area contributed by atoms with Gasteiger partial charge in [0.15, 0.2) is 5.03 Å². The zero-order valence-electron chi connectivity index (χ0n) is 12.2. The standard InChI is InChI=1S/C15H11N3O4S2/c19-18(20)12-6-4-11(5-7-12)13-9-23-14(17-13)10-24(21,22)15-3-1-2-8-16-15/h1-9H,10H2. The number of sulfone groups is 1. The third-order valence-corrected chi connectivity index (χ3v) is 5.76. The largest absolute Gasteiger partial charge is 0.269 e. The van der Waals surface area contributed by atoms with Gasteiger partial charge >= 0.3 is 0 Å². The molecule has 2 aromatic heterocycles. The van der Waals surface area contributed by atoms with Crippen LogP contribution >= 0.6 is 11.3 Å². The van der Waals surface area contributed by atoms with E-state index in [1.165, 1.54) is 35.7 Å². The van der Waals surface area contributed by atoms with Gasteiger partial charge in [-0.3, -0.25) is 10.1 Å². The summed E-state index contributed by atoms with van der Waals surface area (Å²) < 4.78 is 24.6. The molecule has 0 bridgehead atoms. The number of rotatable bonds is 5. The highest BCUT2D eigenvalue weighted by molar-refractivity contribution is 7.90. The smallest absolute Gasteiger partial charge is 0.258 e. The van der Waals surface area contributed by atoms with E-state index >= 15 is 0 Å². The Morgan fingerprint density at radius 3 is 2.50 bits per heavy atom. The minimum Gasteiger partial charge on any atom is -0.258 e. The number of nitrogens with zero attached hydrogens (tertiary/aromatic N) is 3. The molecule has 0 radical (unpaired) electrons. The monoisotopic (exact) mass is 361 g/mol. The molecule has 3 rings (SSSR count). The first-order valence-electron chi connectivity index (χ1n) is 6.79. The number of nitro groups is 1. The van der Waals surface area contributed by atoms with Gasteiger partial charge in [-0.15, -0.1) is 11.3 Å². The third kappa shape index (κ3) is 3.47. The van der Waals surface area contributed by atoms with E-state index in [0.29, 0.717) is 16.3 Å². The predicted molar refractivity (Wildman–Crippen MR) is 89.3 cm³/mol. The summed E-state index contributed by atoms with van der Waals surface area (Å²) in [6, 6.07) is 10.7. The average Bonchev–Trinajstić information content (AvgIpc) is 3.03. The van der Waals surface area contributed by atoms with Gasteiger partial charge in [-0.25, -0.2) is 18.4 Å². The summed E-state index contributed by atoms with van der Waals surface area (Å²) >= 11 is 1.22. The van der Waals surface area contributed by atoms with E-state index in [2.05, 4.69) is 9.97 Å². The highest BCUT2D eigenvalue weighted by Gasteiger charge is 2.19. The van der Waals surface area contributed by atoms with Crippen molar-refractivity contribution in [2.75, 3.05) is 0 Å². The second-order valence-corrected chi connectivity index (χ2v) is 7.74. The molecule has 24 heavy (non-hydrogen) atoms. The summed E-state index contributed by atoms with van der Waals surface area (Å²) in [5.74, 6) is -0.234. The van der Waals surface area contributed by atoms with Crippen molar-refractivity contribution >= 4 is 26.9 Å². The molecule has 7 nitrogen and oxygen atoms in total. The highest BCUT2D eigenvalue weighted by Crippen LogP contribution is 2.26. The van der Waals surface area contributed by atoms with Crippen molar-refractivity contribution in [1.82, 2.24) is 9.97 Å². The fraction of sp³-hybridized carbons (Fsp3) is 0.0667. The first-order chi connectivity index (χ1) is 11.5. The normalized spacial score (nSPS) is 11.3. The van der Waals surface area contributed by atoms with Gasteiger partial charge in [0.05, 0.1) is 10.6 Å². The molecule has 0 fully saturated rings. The van der Waals surface area contributed by atoms with Gasteiger partial charge < -0.3 is 0 Å². The summed E-state index contributed by atoms with van der Waals surface area (Å²) in [7, 11) is -3.55. The number of non-ortho nitro benzene ring substituents is 1. The van der Waals surface area contributed by atoms with Crippen molar-refractivity contribution in [2.45, 2.75) is 10.8 Å². The summed E-state index contributed by atoms with van der Waals surface area (Å²) in [4.78, 5) is 18.4. The van der Waals surface area contributed by atoms with Crippen LogP contribution < -0.4 is 0 Å². The number of hydrogen-bond acceptors (Lipinski definition) is 7. The lowest BCUT2D eigenvalue weighted by Gasteiger charge is -2.00. The highest BCUT2D eigenvalue weighted by atomic mass is 32.2. The summed E-state index contributed by atoms with van der Waals surface area (Å²) in [6.45, 7) is 0. The molecule has 0 aliphatic rings. The van der Waals surface area contributed by atoms with E-state index in [9.17, 15) is 18.5 Å². The Hall–Kier alpha value is -2.65. The first kappa shape index (κ1) is 16.2. The molecule has 3 aromatic rings. The molecule has 0 N–H and O–H groups in total. The molecular weight excluding hydrogens is 350 g/mol. The molecule has 0 aliphatic heterocycles. The third-order valence-electron chi connectivity index (χ3n) is 3.20. The second-order valence-electron chi connectivity index (χ2n) is 4.86. The zero-order chi connectivity index (χ0) is 17.2. The van der Waals surface area contributed by atoms with Crippen LogP contribution in [0.1, 0.15) is 5.01 Å². The van der Waals surface area contributed by atoms with Crippen molar-refractivity contribution in [1.29, 1.82) is 0 Å². The zero-order valence-corrected chi connectivity index (χ0v) is 13.8. The SMILES string of the molecule is O=[N+]([O-])c1ccc(-c2csc(CS(=O)(=O)c3ccccn3)n2)cc1. The Morgan fingerprint density at radius 2 is 1.88 bits per heavy atom. The van der Waals surface area contributed by atoms with E-state index in [0.717, 1.165) is 0 Å². The van der Waals surface area contributed by atoms with Crippen LogP contribution in [0.25, 0.3) is 11.3 Å². The van der Waals surface area contributed by atoms with Crippen molar-refractivity contribution in [3.05, 3.63) is 69.2 Å². The lowest BCUT2D eigenvalue weighted by atomic mass is 10.1. The summed E-state index contributed by atoms with van der Waals surface area (Å²) in [5.41, 5.74) is 1.27. The minimum absolute atomic E-state index is 0.00747. The van der Waals surface area contributed by atoms with Gasteiger partial charge in [-0.1, -0.05) is 6.07 Å². The van der Waals surface area contributed by atoms with Crippen molar-refractivity contribution < 1.29 is 13.3 Å². The van der Waals surface area contributed by atoms with Gasteiger partial charge in [0.1, 0.15) is 10.8 Å². The molecule has 0 amide bonds. The topological polar surface area (TPSA) is 103 Å². The molecule has 9 heteroatoms. The molecule has 0 unspecified atom stereocenters. The lowest BCUT2D eigenvalue weighted by Crippen LogP contribution is -2.06. The van der Waals surface area contributed by atoms with E-state index in [1.807, 2.05) is 0 Å². The van der Waals surface area contributed by atoms with Crippen LogP contribution in [0.5, 0.6) is 0 Å². The molecule has 0 aliphatic carbocycles. The van der Waals surface area contributed by atoms with Gasteiger partial charge in [0, 0.05) is 29.3 Å². The number of benzene rings is 1. The second kappa shape index (κ2) is 6.46. The molecule has 0 saturated carbocycles. The van der Waals surface area contributed by atoms with Crippen LogP contribution in [0.3, 0.4) is 0 Å². The molecule has 0 spiro atoms. The maximum Gasteiger partial charge on any atom is 0.269 e. The maximum absolute atomic E-state index is 12.3. The van der Waals surface area contributed by atoms with Crippen LogP contribution in [-0.2, 0) is 15.6 Å². The number of aromatic nitrogens is 2. The number of pyridine rings is 1. The van der Waals surface area contributed by atoms with Crippen LogP contribution in [0.4, 0.5) is 5.69 Å². The quantitative estimate of drug-likeness (QED) is 0.511. The minimum atomic E-state index is -3.55. The summed E-state index contributed by atoms with van der Waals surface area (Å²) in [6.07, 6.45) is 1.43. The number of nitro benzene ring substituents is 1. The Bertz CT molecular complexity index is 967. The Kier molecular flexibility index (Phi) is 4.36. The molecule has 2 heterocycles. The van der Waals surface area contributed by atoms with Gasteiger partial charge in [-0.2, -0.15) is 0 Å². The van der Waals surface area contributed by atoms with Crippen molar-refractivity contribution in [2.24, 2.45) is 0 Å². The fourth-order valence-electron chi connectivity index (χ4n) is 2.03. The van der Waals surface area contributed by atoms with Crippen molar-refractivity contribution in [3.63, 3.8) is 0 Å². The lowest BCUT2D eigenvalue weighted by molar-refractivity contribution is -0.384. The van der Waals surface area contributed by atoms with Crippen LogP contribution in [0.15, 0.2) is 59.1 Å². The summed E-state index contributed by atoms with van der Waals surface area (Å²) in [5, 5.41) is 12.8. The Morgan fingerprint density at radius 1 is 1.12 bits per heavy atom. The van der Waals surface area contributed by atoms with Gasteiger partial charge in [0.2, 0.25) is 9.84 Å². The number of thiazole rings is 1. The van der Waals surface area contributed by atoms with Gasteiger partial charge in [0.25, 0.3) is 5.69 Å². The molecular formula is C15H11N3O4S2. The molecule has 0 atom stereocenters. The molecule has 122 valence electrons.